The quantitative estimate of drug-likeness (QED) is 0.797. The molecule has 2 nitrogen and oxygen atoms in total. The van der Waals surface area contributed by atoms with Crippen LogP contribution in [0.1, 0.15) is 5.56 Å². The number of carbonyl (C=O) groups is 1. The van der Waals surface area contributed by atoms with Crippen molar-refractivity contribution in [2.75, 3.05) is 0 Å². The molecule has 2 aromatic carbocycles. The standard InChI is InChI=1S/C12H10FNO/c13-11-6-5-8-3-1-2-4-9(8)10(11)7-12(14)15/h1-6H,7H2,(H2,14,15). The zero-order chi connectivity index (χ0) is 10.8. The summed E-state index contributed by atoms with van der Waals surface area (Å²) in [6, 6.07) is 10.4. The second-order valence-electron chi connectivity index (χ2n) is 3.39. The molecule has 0 unspecified atom stereocenters. The van der Waals surface area contributed by atoms with E-state index in [9.17, 15) is 9.18 Å². The highest BCUT2D eigenvalue weighted by Crippen LogP contribution is 2.21. The Morgan fingerprint density at radius 1 is 1.20 bits per heavy atom. The minimum absolute atomic E-state index is 0.0623. The lowest BCUT2D eigenvalue weighted by Crippen LogP contribution is -2.14. The van der Waals surface area contributed by atoms with E-state index in [0.29, 0.717) is 5.56 Å². The van der Waals surface area contributed by atoms with Gasteiger partial charge in [0.05, 0.1) is 6.42 Å². The van der Waals surface area contributed by atoms with E-state index in [1.54, 1.807) is 12.1 Å². The van der Waals surface area contributed by atoms with Gasteiger partial charge in [0.2, 0.25) is 5.91 Å². The lowest BCUT2D eigenvalue weighted by molar-refractivity contribution is -0.117. The lowest BCUT2D eigenvalue weighted by atomic mass is 10.0. The Kier molecular flexibility index (Phi) is 2.37. The number of nitrogens with two attached hydrogens (primary N) is 1. The first-order chi connectivity index (χ1) is 7.18. The maximum atomic E-state index is 13.5. The van der Waals surface area contributed by atoms with Crippen LogP contribution in [0.5, 0.6) is 0 Å². The normalized spacial score (nSPS) is 10.5. The molecule has 0 heterocycles. The first-order valence-electron chi connectivity index (χ1n) is 4.63. The van der Waals surface area contributed by atoms with Crippen molar-refractivity contribution in [1.29, 1.82) is 0 Å². The maximum absolute atomic E-state index is 13.5. The SMILES string of the molecule is NC(=O)Cc1c(F)ccc2ccccc12. The van der Waals surface area contributed by atoms with Gasteiger partial charge in [-0.1, -0.05) is 30.3 Å². The Labute approximate surface area is 86.5 Å². The summed E-state index contributed by atoms with van der Waals surface area (Å²) in [5, 5.41) is 1.66. The molecule has 1 amide bonds. The third kappa shape index (κ3) is 1.81. The molecule has 15 heavy (non-hydrogen) atoms. The van der Waals surface area contributed by atoms with Gasteiger partial charge in [-0.15, -0.1) is 0 Å². The van der Waals surface area contributed by atoms with E-state index >= 15 is 0 Å². The monoisotopic (exact) mass is 203 g/mol. The summed E-state index contributed by atoms with van der Waals surface area (Å²) in [4.78, 5) is 10.8. The average Bonchev–Trinajstić information content (AvgIpc) is 2.22. The van der Waals surface area contributed by atoms with Crippen LogP contribution in [0.25, 0.3) is 10.8 Å². The van der Waals surface area contributed by atoms with E-state index in [0.717, 1.165) is 10.8 Å². The van der Waals surface area contributed by atoms with Gasteiger partial charge in [-0.25, -0.2) is 4.39 Å². The first kappa shape index (κ1) is 9.65. The van der Waals surface area contributed by atoms with Gasteiger partial charge < -0.3 is 5.73 Å². The van der Waals surface area contributed by atoms with Crippen LogP contribution in [-0.2, 0) is 11.2 Å². The number of benzene rings is 2. The van der Waals surface area contributed by atoms with Gasteiger partial charge >= 0.3 is 0 Å². The predicted octanol–water partition coefficient (Wildman–Crippen LogP) is 2.01. The molecule has 0 spiro atoms. The topological polar surface area (TPSA) is 43.1 Å². The highest BCUT2D eigenvalue weighted by atomic mass is 19.1. The Hall–Kier alpha value is -1.90. The van der Waals surface area contributed by atoms with E-state index in [4.69, 9.17) is 5.73 Å². The number of amides is 1. The largest absolute Gasteiger partial charge is 0.369 e. The zero-order valence-electron chi connectivity index (χ0n) is 8.03. The molecule has 3 heteroatoms. The number of fused-ring (bicyclic) bond motifs is 1. The Balaban J connectivity index is 2.68. The highest BCUT2D eigenvalue weighted by molar-refractivity contribution is 5.89. The second-order valence-corrected chi connectivity index (χ2v) is 3.39. The average molecular weight is 203 g/mol. The van der Waals surface area contributed by atoms with Crippen molar-refractivity contribution in [2.45, 2.75) is 6.42 Å². The molecule has 0 aliphatic rings. The number of primary amides is 1. The summed E-state index contributed by atoms with van der Waals surface area (Å²) in [5.41, 5.74) is 5.45. The van der Waals surface area contributed by atoms with Gasteiger partial charge in [-0.2, -0.15) is 0 Å². The smallest absolute Gasteiger partial charge is 0.221 e. The fraction of sp³-hybridized carbons (Fsp3) is 0.0833. The van der Waals surface area contributed by atoms with Crippen molar-refractivity contribution in [3.05, 3.63) is 47.8 Å². The van der Waals surface area contributed by atoms with E-state index in [2.05, 4.69) is 0 Å². The third-order valence-electron chi connectivity index (χ3n) is 2.33. The van der Waals surface area contributed by atoms with Crippen molar-refractivity contribution < 1.29 is 9.18 Å². The van der Waals surface area contributed by atoms with Crippen LogP contribution < -0.4 is 5.73 Å². The van der Waals surface area contributed by atoms with Crippen LogP contribution in [0.15, 0.2) is 36.4 Å². The van der Waals surface area contributed by atoms with Gasteiger partial charge in [0, 0.05) is 5.56 Å². The van der Waals surface area contributed by atoms with Crippen LogP contribution in [0.2, 0.25) is 0 Å². The van der Waals surface area contributed by atoms with Crippen LogP contribution in [0.3, 0.4) is 0 Å². The first-order valence-corrected chi connectivity index (χ1v) is 4.63. The van der Waals surface area contributed by atoms with Gasteiger partial charge in [0.15, 0.2) is 0 Å². The molecule has 76 valence electrons. The number of carbonyl (C=O) groups excluding carboxylic acids is 1. The summed E-state index contributed by atoms with van der Waals surface area (Å²) in [5.74, 6) is -0.905. The van der Waals surface area contributed by atoms with Crippen molar-refractivity contribution in [3.8, 4) is 0 Å². The Morgan fingerprint density at radius 3 is 2.67 bits per heavy atom. The molecule has 0 saturated heterocycles. The highest BCUT2D eigenvalue weighted by Gasteiger charge is 2.09. The van der Waals surface area contributed by atoms with Crippen LogP contribution >= 0.6 is 0 Å². The van der Waals surface area contributed by atoms with Gasteiger partial charge in [0.1, 0.15) is 5.82 Å². The summed E-state index contributed by atoms with van der Waals surface area (Å²) in [7, 11) is 0. The van der Waals surface area contributed by atoms with Crippen molar-refractivity contribution in [1.82, 2.24) is 0 Å². The van der Waals surface area contributed by atoms with Crippen molar-refractivity contribution in [2.24, 2.45) is 5.73 Å². The van der Waals surface area contributed by atoms with Crippen molar-refractivity contribution >= 4 is 16.7 Å². The summed E-state index contributed by atoms with van der Waals surface area (Å²) >= 11 is 0. The molecule has 0 aromatic heterocycles. The minimum Gasteiger partial charge on any atom is -0.369 e. The Bertz CT molecular complexity index is 522. The van der Waals surface area contributed by atoms with E-state index in [1.165, 1.54) is 6.07 Å². The zero-order valence-corrected chi connectivity index (χ0v) is 8.03. The molecule has 2 aromatic rings. The number of halogens is 1. The van der Waals surface area contributed by atoms with Crippen molar-refractivity contribution in [3.63, 3.8) is 0 Å². The Morgan fingerprint density at radius 2 is 1.93 bits per heavy atom. The molecule has 0 radical (unpaired) electrons. The molecule has 0 bridgehead atoms. The van der Waals surface area contributed by atoms with Crippen LogP contribution in [0.4, 0.5) is 4.39 Å². The molecular formula is C12H10FNO. The fourth-order valence-electron chi connectivity index (χ4n) is 1.66. The van der Waals surface area contributed by atoms with Gasteiger partial charge in [0.25, 0.3) is 0 Å². The number of hydrogen-bond acceptors (Lipinski definition) is 1. The number of rotatable bonds is 2. The number of hydrogen-bond donors (Lipinski definition) is 1. The summed E-state index contributed by atoms with van der Waals surface area (Å²) < 4.78 is 13.5. The summed E-state index contributed by atoms with van der Waals surface area (Å²) in [6.07, 6.45) is -0.0623. The fourth-order valence-corrected chi connectivity index (χ4v) is 1.66. The second kappa shape index (κ2) is 3.69. The molecular weight excluding hydrogens is 193 g/mol. The van der Waals surface area contributed by atoms with Gasteiger partial charge in [-0.05, 0) is 16.8 Å². The lowest BCUT2D eigenvalue weighted by Gasteiger charge is -2.05. The van der Waals surface area contributed by atoms with E-state index < -0.39 is 5.91 Å². The van der Waals surface area contributed by atoms with Gasteiger partial charge in [-0.3, -0.25) is 4.79 Å². The van der Waals surface area contributed by atoms with Crippen LogP contribution in [-0.4, -0.2) is 5.91 Å². The maximum Gasteiger partial charge on any atom is 0.221 e. The molecule has 0 aliphatic heterocycles. The predicted molar refractivity (Wildman–Crippen MR) is 56.8 cm³/mol. The molecule has 0 fully saturated rings. The third-order valence-corrected chi connectivity index (χ3v) is 2.33. The molecule has 2 N–H and O–H groups in total. The van der Waals surface area contributed by atoms with E-state index in [-0.39, 0.29) is 12.2 Å². The van der Waals surface area contributed by atoms with E-state index in [1.807, 2.05) is 18.2 Å². The minimum atomic E-state index is -0.523. The molecule has 0 saturated carbocycles. The molecule has 2 rings (SSSR count). The molecule has 0 aliphatic carbocycles. The molecule has 0 atom stereocenters. The summed E-state index contributed by atoms with van der Waals surface area (Å²) in [6.45, 7) is 0. The van der Waals surface area contributed by atoms with Crippen LogP contribution in [0, 0.1) is 5.82 Å².